The molecule has 0 saturated carbocycles. The van der Waals surface area contributed by atoms with Gasteiger partial charge in [-0.25, -0.2) is 4.79 Å². The van der Waals surface area contributed by atoms with E-state index in [-0.39, 0.29) is 5.69 Å². The van der Waals surface area contributed by atoms with Crippen LogP contribution < -0.4 is 5.63 Å². The zero-order chi connectivity index (χ0) is 14.0. The number of rotatable bonds is 3. The minimum Gasteiger partial charge on any atom is -0.423 e. The highest BCUT2D eigenvalue weighted by atomic mass is 16.6. The van der Waals surface area contributed by atoms with Crippen LogP contribution >= 0.6 is 0 Å². The molecule has 2 rings (SSSR count). The monoisotopic (exact) mass is 260 g/mol. The summed E-state index contributed by atoms with van der Waals surface area (Å²) in [7, 11) is 3.62. The summed E-state index contributed by atoms with van der Waals surface area (Å²) in [5.74, 6) is 0. The molecule has 0 aliphatic heterocycles. The highest BCUT2D eigenvalue weighted by molar-refractivity contribution is 5.83. The molecule has 0 atom stereocenters. The van der Waals surface area contributed by atoms with E-state index in [0.717, 1.165) is 0 Å². The molecule has 0 radical (unpaired) electrons. The molecule has 0 aliphatic rings. The van der Waals surface area contributed by atoms with Gasteiger partial charge in [0.1, 0.15) is 5.58 Å². The summed E-state index contributed by atoms with van der Waals surface area (Å²) in [5, 5.41) is 11.6. The van der Waals surface area contributed by atoms with Crippen LogP contribution in [0.15, 0.2) is 39.7 Å². The van der Waals surface area contributed by atoms with E-state index in [1.807, 2.05) is 14.1 Å². The molecule has 1 heterocycles. The average Bonchev–Trinajstić information content (AvgIpc) is 2.34. The van der Waals surface area contributed by atoms with E-state index in [4.69, 9.17) is 4.42 Å². The van der Waals surface area contributed by atoms with Crippen molar-refractivity contribution in [3.8, 4) is 0 Å². The zero-order valence-electron chi connectivity index (χ0n) is 10.5. The van der Waals surface area contributed by atoms with Crippen LogP contribution in [0.5, 0.6) is 0 Å². The molecule has 1 aromatic heterocycles. The topological polar surface area (TPSA) is 76.6 Å². The lowest BCUT2D eigenvalue weighted by atomic mass is 10.1. The SMILES string of the molecule is CN(C)/C=C/c1cc2oc(=O)ccc2cc1[N+](=O)[O-]. The Morgan fingerprint density at radius 2 is 2.05 bits per heavy atom. The van der Waals surface area contributed by atoms with Gasteiger partial charge in [0.15, 0.2) is 0 Å². The first kappa shape index (κ1) is 12.8. The third-order valence-corrected chi connectivity index (χ3v) is 2.52. The summed E-state index contributed by atoms with van der Waals surface area (Å²) in [5.41, 5.74) is 0.209. The van der Waals surface area contributed by atoms with E-state index in [2.05, 4.69) is 0 Å². The lowest BCUT2D eigenvalue weighted by Gasteiger charge is -2.04. The minimum atomic E-state index is -0.483. The second-order valence-corrected chi connectivity index (χ2v) is 4.24. The van der Waals surface area contributed by atoms with Crippen LogP contribution in [0, 0.1) is 10.1 Å². The van der Waals surface area contributed by atoms with Gasteiger partial charge in [-0.15, -0.1) is 0 Å². The normalized spacial score (nSPS) is 11.1. The van der Waals surface area contributed by atoms with Crippen molar-refractivity contribution in [3.63, 3.8) is 0 Å². The molecule has 2 aromatic rings. The van der Waals surface area contributed by atoms with E-state index in [9.17, 15) is 14.9 Å². The summed E-state index contributed by atoms with van der Waals surface area (Å²) in [6, 6.07) is 5.64. The highest BCUT2D eigenvalue weighted by Crippen LogP contribution is 2.26. The molecule has 0 saturated heterocycles. The molecule has 0 N–H and O–H groups in total. The third kappa shape index (κ3) is 2.79. The first-order chi connectivity index (χ1) is 8.97. The van der Waals surface area contributed by atoms with Crippen LogP contribution in [0.25, 0.3) is 17.0 Å². The summed E-state index contributed by atoms with van der Waals surface area (Å²) in [6.45, 7) is 0. The first-order valence-corrected chi connectivity index (χ1v) is 5.54. The van der Waals surface area contributed by atoms with Crippen molar-refractivity contribution >= 4 is 22.7 Å². The van der Waals surface area contributed by atoms with Crippen LogP contribution in [0.1, 0.15) is 5.56 Å². The van der Waals surface area contributed by atoms with Crippen molar-refractivity contribution in [2.75, 3.05) is 14.1 Å². The maximum atomic E-state index is 11.2. The van der Waals surface area contributed by atoms with Gasteiger partial charge in [-0.2, -0.15) is 0 Å². The molecule has 6 heteroatoms. The van der Waals surface area contributed by atoms with E-state index in [0.29, 0.717) is 16.5 Å². The van der Waals surface area contributed by atoms with Crippen molar-refractivity contribution in [1.82, 2.24) is 4.90 Å². The van der Waals surface area contributed by atoms with E-state index in [1.54, 1.807) is 17.2 Å². The van der Waals surface area contributed by atoms with Crippen LogP contribution in [0.2, 0.25) is 0 Å². The molecule has 0 fully saturated rings. The molecular formula is C13H12N2O4. The predicted molar refractivity (Wildman–Crippen MR) is 71.9 cm³/mol. The molecule has 0 aliphatic carbocycles. The van der Waals surface area contributed by atoms with Gasteiger partial charge in [0, 0.05) is 31.6 Å². The molecule has 0 bridgehead atoms. The third-order valence-electron chi connectivity index (χ3n) is 2.52. The Bertz CT molecular complexity index is 716. The van der Waals surface area contributed by atoms with Gasteiger partial charge < -0.3 is 9.32 Å². The van der Waals surface area contributed by atoms with Crippen LogP contribution in [0.3, 0.4) is 0 Å². The largest absolute Gasteiger partial charge is 0.423 e. The van der Waals surface area contributed by atoms with Gasteiger partial charge in [0.05, 0.1) is 10.5 Å². The number of nitro groups is 1. The Labute approximate surface area is 108 Å². The Morgan fingerprint density at radius 3 is 2.68 bits per heavy atom. The van der Waals surface area contributed by atoms with E-state index in [1.165, 1.54) is 24.3 Å². The maximum Gasteiger partial charge on any atom is 0.336 e. The van der Waals surface area contributed by atoms with Gasteiger partial charge in [-0.1, -0.05) is 0 Å². The molecule has 0 unspecified atom stereocenters. The number of hydrogen-bond donors (Lipinski definition) is 0. The number of benzene rings is 1. The minimum absolute atomic E-state index is 0.0283. The molecule has 98 valence electrons. The van der Waals surface area contributed by atoms with Crippen molar-refractivity contribution in [2.24, 2.45) is 0 Å². The van der Waals surface area contributed by atoms with Crippen molar-refractivity contribution in [2.45, 2.75) is 0 Å². The van der Waals surface area contributed by atoms with Crippen molar-refractivity contribution < 1.29 is 9.34 Å². The van der Waals surface area contributed by atoms with E-state index < -0.39 is 10.5 Å². The zero-order valence-corrected chi connectivity index (χ0v) is 10.5. The summed E-state index contributed by atoms with van der Waals surface area (Å²) in [4.78, 5) is 23.5. The molecule has 19 heavy (non-hydrogen) atoms. The number of nitro benzene ring substituents is 1. The lowest BCUT2D eigenvalue weighted by Crippen LogP contribution is -2.01. The van der Waals surface area contributed by atoms with Crippen molar-refractivity contribution in [1.29, 1.82) is 0 Å². The molecule has 0 amide bonds. The lowest BCUT2D eigenvalue weighted by molar-refractivity contribution is -0.385. The van der Waals surface area contributed by atoms with Crippen LogP contribution in [-0.2, 0) is 0 Å². The molecule has 1 aromatic carbocycles. The van der Waals surface area contributed by atoms with Gasteiger partial charge in [-0.3, -0.25) is 10.1 Å². The Hall–Kier alpha value is -2.63. The predicted octanol–water partition coefficient (Wildman–Crippen LogP) is 2.23. The fourth-order valence-corrected chi connectivity index (χ4v) is 1.64. The van der Waals surface area contributed by atoms with Gasteiger partial charge in [-0.05, 0) is 24.4 Å². The van der Waals surface area contributed by atoms with Crippen LogP contribution in [-0.4, -0.2) is 23.9 Å². The van der Waals surface area contributed by atoms with E-state index >= 15 is 0 Å². The average molecular weight is 260 g/mol. The Kier molecular flexibility index (Phi) is 3.33. The second-order valence-electron chi connectivity index (χ2n) is 4.24. The molecule has 0 spiro atoms. The quantitative estimate of drug-likeness (QED) is 0.480. The Morgan fingerprint density at radius 1 is 1.32 bits per heavy atom. The summed E-state index contributed by atoms with van der Waals surface area (Å²) >= 11 is 0. The summed E-state index contributed by atoms with van der Waals surface area (Å²) < 4.78 is 5.02. The van der Waals surface area contributed by atoms with Gasteiger partial charge >= 0.3 is 5.63 Å². The fourth-order valence-electron chi connectivity index (χ4n) is 1.64. The van der Waals surface area contributed by atoms with Gasteiger partial charge in [0.25, 0.3) is 5.69 Å². The smallest absolute Gasteiger partial charge is 0.336 e. The number of fused-ring (bicyclic) bond motifs is 1. The fraction of sp³-hybridized carbons (Fsp3) is 0.154. The Balaban J connectivity index is 2.68. The van der Waals surface area contributed by atoms with Gasteiger partial charge in [0.2, 0.25) is 0 Å². The summed E-state index contributed by atoms with van der Waals surface area (Å²) in [6.07, 6.45) is 3.29. The maximum absolute atomic E-state index is 11.2. The standard InChI is InChI=1S/C13H12N2O4/c1-14(2)6-5-9-8-12-10(3-4-13(16)19-12)7-11(9)15(17)18/h3-8H,1-2H3/b6-5+. The van der Waals surface area contributed by atoms with Crippen molar-refractivity contribution in [3.05, 3.63) is 56.6 Å². The highest BCUT2D eigenvalue weighted by Gasteiger charge is 2.14. The first-order valence-electron chi connectivity index (χ1n) is 5.54. The second kappa shape index (κ2) is 4.93. The molecular weight excluding hydrogens is 248 g/mol. The number of nitrogens with zero attached hydrogens (tertiary/aromatic N) is 2. The number of hydrogen-bond acceptors (Lipinski definition) is 5. The molecule has 6 nitrogen and oxygen atoms in total. The van der Waals surface area contributed by atoms with Crippen LogP contribution in [0.4, 0.5) is 5.69 Å².